The summed E-state index contributed by atoms with van der Waals surface area (Å²) in [6, 6.07) is 15.0. The minimum atomic E-state index is -0.437. The number of hydrogen-bond donors (Lipinski definition) is 3. The van der Waals surface area contributed by atoms with Gasteiger partial charge in [0.05, 0.1) is 19.0 Å². The molecule has 0 aliphatic heterocycles. The van der Waals surface area contributed by atoms with Gasteiger partial charge in [0.2, 0.25) is 5.88 Å². The highest BCUT2D eigenvalue weighted by Crippen LogP contribution is 2.20. The largest absolute Gasteiger partial charge is 0.497 e. The van der Waals surface area contributed by atoms with Gasteiger partial charge in [-0.1, -0.05) is 0 Å². The van der Waals surface area contributed by atoms with E-state index in [2.05, 4.69) is 20.9 Å². The zero-order valence-corrected chi connectivity index (χ0v) is 16.7. The summed E-state index contributed by atoms with van der Waals surface area (Å²) in [5.41, 5.74) is 0.963. The highest BCUT2D eigenvalue weighted by Gasteiger charge is 2.06. The van der Waals surface area contributed by atoms with Crippen molar-refractivity contribution in [2.75, 3.05) is 25.5 Å². The van der Waals surface area contributed by atoms with Crippen LogP contribution in [0.5, 0.6) is 17.4 Å². The van der Waals surface area contributed by atoms with E-state index in [0.717, 1.165) is 0 Å². The molecule has 31 heavy (non-hydrogen) atoms. The number of carbonyl (C=O) groups excluding carboxylic acids is 2. The molecule has 0 atom stereocenters. The number of ether oxygens (including phenoxy) is 2. The Morgan fingerprint density at radius 1 is 0.903 bits per heavy atom. The van der Waals surface area contributed by atoms with E-state index in [4.69, 9.17) is 9.47 Å². The molecule has 160 valence electrons. The van der Waals surface area contributed by atoms with Gasteiger partial charge >= 0.3 is 6.03 Å². The van der Waals surface area contributed by atoms with Crippen LogP contribution >= 0.6 is 0 Å². The minimum absolute atomic E-state index is 0.243. The number of methoxy groups -OCH3 is 1. The number of rotatable bonds is 8. The van der Waals surface area contributed by atoms with Crippen LogP contribution in [0.4, 0.5) is 14.9 Å². The van der Waals surface area contributed by atoms with Gasteiger partial charge in [0.15, 0.2) is 0 Å². The number of amides is 3. The van der Waals surface area contributed by atoms with Crippen molar-refractivity contribution >= 4 is 17.6 Å². The van der Waals surface area contributed by atoms with E-state index in [1.54, 1.807) is 43.5 Å². The highest BCUT2D eigenvalue weighted by atomic mass is 19.1. The maximum absolute atomic E-state index is 12.9. The lowest BCUT2D eigenvalue weighted by Crippen LogP contribution is -2.36. The van der Waals surface area contributed by atoms with E-state index in [0.29, 0.717) is 28.6 Å². The summed E-state index contributed by atoms with van der Waals surface area (Å²) in [4.78, 5) is 28.1. The van der Waals surface area contributed by atoms with E-state index < -0.39 is 6.03 Å². The average molecular weight is 424 g/mol. The van der Waals surface area contributed by atoms with Gasteiger partial charge in [-0.3, -0.25) is 4.79 Å². The number of nitrogens with one attached hydrogen (secondary N) is 3. The molecule has 8 nitrogen and oxygen atoms in total. The summed E-state index contributed by atoms with van der Waals surface area (Å²) in [6.07, 6.45) is 1.43. The Morgan fingerprint density at radius 2 is 1.58 bits per heavy atom. The number of halogens is 1. The molecule has 0 saturated heterocycles. The average Bonchev–Trinajstić information content (AvgIpc) is 2.79. The lowest BCUT2D eigenvalue weighted by atomic mass is 10.2. The summed E-state index contributed by atoms with van der Waals surface area (Å²) < 4.78 is 23.5. The Bertz CT molecular complexity index is 1010. The Balaban J connectivity index is 1.38. The van der Waals surface area contributed by atoms with E-state index in [1.165, 1.54) is 30.5 Å². The van der Waals surface area contributed by atoms with E-state index in [-0.39, 0.29) is 24.8 Å². The van der Waals surface area contributed by atoms with Gasteiger partial charge in [-0.15, -0.1) is 0 Å². The number of nitrogens with zero attached hydrogens (tertiary/aromatic N) is 1. The number of anilines is 1. The summed E-state index contributed by atoms with van der Waals surface area (Å²) in [5, 5.41) is 7.98. The van der Waals surface area contributed by atoms with Crippen molar-refractivity contribution in [1.82, 2.24) is 15.6 Å². The lowest BCUT2D eigenvalue weighted by Gasteiger charge is -2.09. The summed E-state index contributed by atoms with van der Waals surface area (Å²) in [6.45, 7) is 0.508. The second-order valence-electron chi connectivity index (χ2n) is 6.31. The van der Waals surface area contributed by atoms with Crippen LogP contribution in [0.3, 0.4) is 0 Å². The monoisotopic (exact) mass is 424 g/mol. The molecule has 3 aromatic rings. The third kappa shape index (κ3) is 6.70. The number of carbonyl (C=O) groups is 2. The Morgan fingerprint density at radius 3 is 2.23 bits per heavy atom. The number of hydrogen-bond acceptors (Lipinski definition) is 5. The number of pyridine rings is 1. The smallest absolute Gasteiger partial charge is 0.319 e. The van der Waals surface area contributed by atoms with Crippen molar-refractivity contribution in [2.45, 2.75) is 0 Å². The maximum Gasteiger partial charge on any atom is 0.319 e. The van der Waals surface area contributed by atoms with Crippen molar-refractivity contribution in [3.05, 3.63) is 78.2 Å². The quantitative estimate of drug-likeness (QED) is 0.480. The van der Waals surface area contributed by atoms with Gasteiger partial charge in [0.1, 0.15) is 17.3 Å². The summed E-state index contributed by atoms with van der Waals surface area (Å²) in [7, 11) is 1.55. The van der Waals surface area contributed by atoms with Gasteiger partial charge in [-0.05, 0) is 54.6 Å². The van der Waals surface area contributed by atoms with Crippen molar-refractivity contribution in [1.29, 1.82) is 0 Å². The molecule has 0 radical (unpaired) electrons. The number of benzene rings is 2. The predicted octanol–water partition coefficient (Wildman–Crippen LogP) is 3.57. The zero-order valence-electron chi connectivity index (χ0n) is 16.7. The van der Waals surface area contributed by atoms with Crippen LogP contribution in [0.25, 0.3) is 0 Å². The fraction of sp³-hybridized carbons (Fsp3) is 0.136. The molecule has 0 spiro atoms. The fourth-order valence-electron chi connectivity index (χ4n) is 2.51. The topological polar surface area (TPSA) is 102 Å². The molecule has 0 unspecified atom stereocenters. The van der Waals surface area contributed by atoms with E-state index >= 15 is 0 Å². The van der Waals surface area contributed by atoms with Crippen LogP contribution in [0.15, 0.2) is 66.9 Å². The third-order valence-corrected chi connectivity index (χ3v) is 4.08. The van der Waals surface area contributed by atoms with Crippen molar-refractivity contribution in [2.24, 2.45) is 0 Å². The first-order chi connectivity index (χ1) is 15.0. The SMILES string of the molecule is COc1ccc(C(=O)NCCNC(=O)Nc2ccc(Oc3ccc(F)cc3)nc2)cc1. The number of aromatic nitrogens is 1. The first-order valence-electron chi connectivity index (χ1n) is 9.40. The van der Waals surface area contributed by atoms with Crippen LogP contribution in [0.1, 0.15) is 10.4 Å². The molecule has 0 saturated carbocycles. The van der Waals surface area contributed by atoms with Gasteiger partial charge in [-0.25, -0.2) is 14.2 Å². The molecule has 0 fully saturated rings. The van der Waals surface area contributed by atoms with Crippen LogP contribution in [-0.2, 0) is 0 Å². The lowest BCUT2D eigenvalue weighted by molar-refractivity contribution is 0.0954. The molecule has 1 heterocycles. The normalized spacial score (nSPS) is 10.1. The molecule has 1 aromatic heterocycles. The second kappa shape index (κ2) is 10.6. The fourth-order valence-corrected chi connectivity index (χ4v) is 2.51. The minimum Gasteiger partial charge on any atom is -0.497 e. The molecule has 0 aliphatic carbocycles. The second-order valence-corrected chi connectivity index (χ2v) is 6.31. The van der Waals surface area contributed by atoms with Gasteiger partial charge in [-0.2, -0.15) is 0 Å². The molecule has 3 rings (SSSR count). The zero-order chi connectivity index (χ0) is 22.1. The number of urea groups is 1. The van der Waals surface area contributed by atoms with Crippen LogP contribution in [-0.4, -0.2) is 37.1 Å². The van der Waals surface area contributed by atoms with Gasteiger partial charge in [0, 0.05) is 24.7 Å². The van der Waals surface area contributed by atoms with Gasteiger partial charge in [0.25, 0.3) is 5.91 Å². The van der Waals surface area contributed by atoms with Crippen LogP contribution in [0, 0.1) is 5.82 Å². The Kier molecular flexibility index (Phi) is 7.36. The molecule has 2 aromatic carbocycles. The third-order valence-electron chi connectivity index (χ3n) is 4.08. The van der Waals surface area contributed by atoms with E-state index in [9.17, 15) is 14.0 Å². The summed E-state index contributed by atoms with van der Waals surface area (Å²) in [5.74, 6) is 0.819. The van der Waals surface area contributed by atoms with E-state index in [1.807, 2.05) is 0 Å². The first-order valence-corrected chi connectivity index (χ1v) is 9.40. The standard InChI is InChI=1S/C22H21FN4O4/c1-30-18-7-2-15(3-8-18)21(28)24-12-13-25-22(29)27-17-6-11-20(26-14-17)31-19-9-4-16(23)5-10-19/h2-11,14H,12-13H2,1H3,(H,24,28)(H2,25,27,29). The Hall–Kier alpha value is -4.14. The van der Waals surface area contributed by atoms with Crippen molar-refractivity contribution in [3.8, 4) is 17.4 Å². The van der Waals surface area contributed by atoms with Crippen molar-refractivity contribution < 1.29 is 23.5 Å². The first kappa shape index (κ1) is 21.6. The van der Waals surface area contributed by atoms with Crippen molar-refractivity contribution in [3.63, 3.8) is 0 Å². The molecule has 0 aliphatic rings. The Labute approximate surface area is 178 Å². The molecular weight excluding hydrogens is 403 g/mol. The molecule has 3 N–H and O–H groups in total. The predicted molar refractivity (Wildman–Crippen MR) is 113 cm³/mol. The molecule has 3 amide bonds. The van der Waals surface area contributed by atoms with Gasteiger partial charge < -0.3 is 25.4 Å². The molecule has 9 heteroatoms. The van der Waals surface area contributed by atoms with Crippen LogP contribution in [0.2, 0.25) is 0 Å². The van der Waals surface area contributed by atoms with Crippen LogP contribution < -0.4 is 25.4 Å². The highest BCUT2D eigenvalue weighted by molar-refractivity contribution is 5.94. The maximum atomic E-state index is 12.9. The molecular formula is C22H21FN4O4. The summed E-state index contributed by atoms with van der Waals surface area (Å²) >= 11 is 0. The molecule has 0 bridgehead atoms.